The molecule has 1 fully saturated rings. The van der Waals surface area contributed by atoms with Gasteiger partial charge in [-0.25, -0.2) is 0 Å². The molecule has 0 radical (unpaired) electrons. The van der Waals surface area contributed by atoms with Gasteiger partial charge >= 0.3 is 0 Å². The minimum absolute atomic E-state index is 0.139. The number of amides is 2. The number of nitrogens with zero attached hydrogens (tertiary/aromatic N) is 1. The average Bonchev–Trinajstić information content (AvgIpc) is 2.90. The minimum atomic E-state index is -0.286. The van der Waals surface area contributed by atoms with E-state index in [-0.39, 0.29) is 24.5 Å². The number of carbonyl (C=O) groups excluding carboxylic acids is 2. The molecule has 3 aromatic rings. The van der Waals surface area contributed by atoms with Gasteiger partial charge in [0.15, 0.2) is 0 Å². The smallest absolute Gasteiger partial charge is 0.257 e. The number of benzene rings is 3. The molecule has 1 aliphatic rings. The Hall–Kier alpha value is -3.68. The zero-order valence-corrected chi connectivity index (χ0v) is 20.6. The molecule has 2 N–H and O–H groups in total. The van der Waals surface area contributed by atoms with Gasteiger partial charge in [-0.1, -0.05) is 42.5 Å². The maximum Gasteiger partial charge on any atom is 0.257 e. The Bertz CT molecular complexity index is 1130. The Labute approximate surface area is 212 Å². The third kappa shape index (κ3) is 7.41. The molecule has 188 valence electrons. The zero-order valence-electron chi connectivity index (χ0n) is 20.6. The predicted octanol–water partition coefficient (Wildman–Crippen LogP) is 4.96. The Morgan fingerprint density at radius 1 is 0.889 bits per heavy atom. The molecule has 0 spiro atoms. The summed E-state index contributed by atoms with van der Waals surface area (Å²) in [5, 5.41) is 5.80. The van der Waals surface area contributed by atoms with E-state index in [0.29, 0.717) is 30.2 Å². The van der Waals surface area contributed by atoms with E-state index in [2.05, 4.69) is 27.7 Å². The molecule has 7 nitrogen and oxygen atoms in total. The fourth-order valence-corrected chi connectivity index (χ4v) is 4.20. The minimum Gasteiger partial charge on any atom is -0.494 e. The standard InChI is InChI=1S/C29H33N3O4/c1-2-35-24-14-12-23(13-15-24)30-29(34)26-10-6-7-11-27(26)31-28(33)20-32-18-16-25(17-19-32)36-21-22-8-4-3-5-9-22/h3-15,25H,2,16-21H2,1H3,(H,30,34)(H,31,33). The topological polar surface area (TPSA) is 79.9 Å². The Kier molecular flexibility index (Phi) is 9.08. The van der Waals surface area contributed by atoms with Crippen molar-refractivity contribution in [2.45, 2.75) is 32.5 Å². The van der Waals surface area contributed by atoms with Crippen LogP contribution in [0.1, 0.15) is 35.7 Å². The molecule has 36 heavy (non-hydrogen) atoms. The highest BCUT2D eigenvalue weighted by atomic mass is 16.5. The quantitative estimate of drug-likeness (QED) is 0.423. The molecule has 4 rings (SSSR count). The number of carbonyl (C=O) groups is 2. The number of likely N-dealkylation sites (tertiary alicyclic amines) is 1. The molecule has 0 unspecified atom stereocenters. The van der Waals surface area contributed by atoms with Crippen molar-refractivity contribution in [2.24, 2.45) is 0 Å². The fraction of sp³-hybridized carbons (Fsp3) is 0.310. The van der Waals surface area contributed by atoms with E-state index in [9.17, 15) is 9.59 Å². The molecular formula is C29H33N3O4. The van der Waals surface area contributed by atoms with Gasteiger partial charge in [0.2, 0.25) is 5.91 Å². The molecule has 0 saturated carbocycles. The van der Waals surface area contributed by atoms with Crippen LogP contribution >= 0.6 is 0 Å². The van der Waals surface area contributed by atoms with Crippen LogP contribution in [-0.2, 0) is 16.1 Å². The number of ether oxygens (including phenoxy) is 2. The van der Waals surface area contributed by atoms with Crippen LogP contribution in [0, 0.1) is 0 Å². The first kappa shape index (κ1) is 25.4. The molecule has 0 aromatic heterocycles. The normalized spacial score (nSPS) is 14.2. The summed E-state index contributed by atoms with van der Waals surface area (Å²) in [7, 11) is 0. The van der Waals surface area contributed by atoms with Crippen LogP contribution < -0.4 is 15.4 Å². The number of nitrogens with one attached hydrogen (secondary N) is 2. The van der Waals surface area contributed by atoms with Crippen LogP contribution in [0.15, 0.2) is 78.9 Å². The number of hydrogen-bond acceptors (Lipinski definition) is 5. The lowest BCUT2D eigenvalue weighted by molar-refractivity contribution is -0.118. The van der Waals surface area contributed by atoms with Crippen molar-refractivity contribution in [3.05, 3.63) is 90.0 Å². The highest BCUT2D eigenvalue weighted by Gasteiger charge is 2.22. The van der Waals surface area contributed by atoms with Crippen molar-refractivity contribution in [2.75, 3.05) is 36.9 Å². The van der Waals surface area contributed by atoms with E-state index >= 15 is 0 Å². The first-order valence-corrected chi connectivity index (χ1v) is 12.4. The highest BCUT2D eigenvalue weighted by Crippen LogP contribution is 2.20. The predicted molar refractivity (Wildman–Crippen MR) is 141 cm³/mol. The fourth-order valence-electron chi connectivity index (χ4n) is 4.20. The lowest BCUT2D eigenvalue weighted by atomic mass is 10.1. The van der Waals surface area contributed by atoms with E-state index in [1.165, 1.54) is 5.56 Å². The number of rotatable bonds is 10. The van der Waals surface area contributed by atoms with Gasteiger partial charge in [-0.2, -0.15) is 0 Å². The number of anilines is 2. The van der Waals surface area contributed by atoms with Crippen molar-refractivity contribution in [1.82, 2.24) is 4.90 Å². The Morgan fingerprint density at radius 2 is 1.58 bits per heavy atom. The van der Waals surface area contributed by atoms with Gasteiger partial charge in [0.1, 0.15) is 5.75 Å². The maximum absolute atomic E-state index is 12.9. The lowest BCUT2D eigenvalue weighted by Crippen LogP contribution is -2.41. The van der Waals surface area contributed by atoms with Crippen molar-refractivity contribution >= 4 is 23.2 Å². The second kappa shape index (κ2) is 12.9. The molecule has 1 heterocycles. The third-order valence-corrected chi connectivity index (χ3v) is 6.10. The van der Waals surface area contributed by atoms with Crippen molar-refractivity contribution < 1.29 is 19.1 Å². The Morgan fingerprint density at radius 3 is 2.31 bits per heavy atom. The monoisotopic (exact) mass is 487 g/mol. The summed E-state index contributed by atoms with van der Waals surface area (Å²) in [5.74, 6) is 0.321. The summed E-state index contributed by atoms with van der Waals surface area (Å²) >= 11 is 0. The van der Waals surface area contributed by atoms with Crippen molar-refractivity contribution in [3.8, 4) is 5.75 Å². The summed E-state index contributed by atoms with van der Waals surface area (Å²) in [4.78, 5) is 27.8. The summed E-state index contributed by atoms with van der Waals surface area (Å²) in [5.41, 5.74) is 2.73. The van der Waals surface area contributed by atoms with Crippen LogP contribution in [0.5, 0.6) is 5.75 Å². The molecular weight excluding hydrogens is 454 g/mol. The molecule has 0 atom stereocenters. The molecule has 1 saturated heterocycles. The SMILES string of the molecule is CCOc1ccc(NC(=O)c2ccccc2NC(=O)CN2CCC(OCc3ccccc3)CC2)cc1. The van der Waals surface area contributed by atoms with Gasteiger partial charge in [0.25, 0.3) is 5.91 Å². The second-order valence-electron chi connectivity index (χ2n) is 8.78. The summed E-state index contributed by atoms with van der Waals surface area (Å²) in [6, 6.07) is 24.4. The number of piperidine rings is 1. The molecule has 1 aliphatic heterocycles. The van der Waals surface area contributed by atoms with Gasteiger partial charge in [-0.05, 0) is 61.7 Å². The van der Waals surface area contributed by atoms with Crippen LogP contribution in [0.4, 0.5) is 11.4 Å². The van der Waals surface area contributed by atoms with Gasteiger partial charge < -0.3 is 20.1 Å². The maximum atomic E-state index is 12.9. The van der Waals surface area contributed by atoms with E-state index in [1.807, 2.05) is 37.3 Å². The second-order valence-corrected chi connectivity index (χ2v) is 8.78. The van der Waals surface area contributed by atoms with E-state index in [4.69, 9.17) is 9.47 Å². The largest absolute Gasteiger partial charge is 0.494 e. The van der Waals surface area contributed by atoms with Crippen LogP contribution in [-0.4, -0.2) is 49.1 Å². The first-order chi connectivity index (χ1) is 17.6. The highest BCUT2D eigenvalue weighted by molar-refractivity contribution is 6.10. The summed E-state index contributed by atoms with van der Waals surface area (Å²) in [6.45, 7) is 4.99. The van der Waals surface area contributed by atoms with Crippen LogP contribution in [0.25, 0.3) is 0 Å². The summed E-state index contributed by atoms with van der Waals surface area (Å²) in [6.07, 6.45) is 1.99. The first-order valence-electron chi connectivity index (χ1n) is 12.4. The van der Waals surface area contributed by atoms with E-state index < -0.39 is 0 Å². The van der Waals surface area contributed by atoms with E-state index in [0.717, 1.165) is 31.7 Å². The third-order valence-electron chi connectivity index (χ3n) is 6.10. The van der Waals surface area contributed by atoms with Gasteiger partial charge in [0, 0.05) is 18.8 Å². The Balaban J connectivity index is 1.25. The van der Waals surface area contributed by atoms with Crippen molar-refractivity contribution in [3.63, 3.8) is 0 Å². The molecule has 2 amide bonds. The van der Waals surface area contributed by atoms with Crippen LogP contribution in [0.2, 0.25) is 0 Å². The lowest BCUT2D eigenvalue weighted by Gasteiger charge is -2.31. The molecule has 3 aromatic carbocycles. The van der Waals surface area contributed by atoms with E-state index in [1.54, 1.807) is 36.4 Å². The molecule has 7 heteroatoms. The number of hydrogen-bond donors (Lipinski definition) is 2. The average molecular weight is 488 g/mol. The number of para-hydroxylation sites is 1. The molecule has 0 bridgehead atoms. The summed E-state index contributed by atoms with van der Waals surface area (Å²) < 4.78 is 11.5. The zero-order chi connectivity index (χ0) is 25.2. The van der Waals surface area contributed by atoms with Gasteiger partial charge in [-0.15, -0.1) is 0 Å². The van der Waals surface area contributed by atoms with Gasteiger partial charge in [0.05, 0.1) is 37.1 Å². The van der Waals surface area contributed by atoms with Crippen molar-refractivity contribution in [1.29, 1.82) is 0 Å². The molecule has 0 aliphatic carbocycles. The van der Waals surface area contributed by atoms with Crippen LogP contribution in [0.3, 0.4) is 0 Å². The van der Waals surface area contributed by atoms with Gasteiger partial charge in [-0.3, -0.25) is 14.5 Å².